The van der Waals surface area contributed by atoms with Crippen molar-refractivity contribution in [3.05, 3.63) is 71.3 Å². The Bertz CT molecular complexity index is 584. The van der Waals surface area contributed by atoms with Crippen molar-refractivity contribution in [1.82, 2.24) is 0 Å². The minimum Gasteiger partial charge on any atom is -0.286 e. The molecule has 0 unspecified atom stereocenters. The Kier molecular flexibility index (Phi) is 3.45. The SMILES string of the molecule is C[C@@H]1Cc2ccccc2C(CCc2ccccc2)=N1. The van der Waals surface area contributed by atoms with Crippen LogP contribution in [-0.4, -0.2) is 11.8 Å². The minimum atomic E-state index is 0.417. The predicted octanol–water partition coefficient (Wildman–Crippen LogP) is 4.05. The number of hydrogen-bond donors (Lipinski definition) is 0. The van der Waals surface area contributed by atoms with Crippen molar-refractivity contribution in [2.75, 3.05) is 0 Å². The van der Waals surface area contributed by atoms with Crippen LogP contribution in [0.1, 0.15) is 30.0 Å². The highest BCUT2D eigenvalue weighted by molar-refractivity contribution is 6.02. The fourth-order valence-electron chi connectivity index (χ4n) is 2.79. The summed E-state index contributed by atoms with van der Waals surface area (Å²) in [5.74, 6) is 0. The fourth-order valence-corrected chi connectivity index (χ4v) is 2.79. The number of rotatable bonds is 3. The summed E-state index contributed by atoms with van der Waals surface area (Å²) in [5.41, 5.74) is 5.48. The quantitative estimate of drug-likeness (QED) is 0.778. The standard InChI is InChI=1S/C18H19N/c1-14-13-16-9-5-6-10-17(16)18(19-14)12-11-15-7-3-2-4-8-15/h2-10,14H,11-13H2,1H3/t14-/m1/s1. The van der Waals surface area contributed by atoms with E-state index in [0.717, 1.165) is 19.3 Å². The average molecular weight is 249 g/mol. The van der Waals surface area contributed by atoms with Gasteiger partial charge in [-0.05, 0) is 42.9 Å². The molecule has 96 valence electrons. The van der Waals surface area contributed by atoms with Crippen LogP contribution in [0.2, 0.25) is 0 Å². The number of benzene rings is 2. The zero-order chi connectivity index (χ0) is 13.1. The highest BCUT2D eigenvalue weighted by Crippen LogP contribution is 2.22. The first-order valence-electron chi connectivity index (χ1n) is 7.02. The lowest BCUT2D eigenvalue weighted by Crippen LogP contribution is -2.19. The zero-order valence-electron chi connectivity index (χ0n) is 11.3. The van der Waals surface area contributed by atoms with Gasteiger partial charge in [0.15, 0.2) is 0 Å². The van der Waals surface area contributed by atoms with Gasteiger partial charge < -0.3 is 0 Å². The van der Waals surface area contributed by atoms with Gasteiger partial charge in [-0.2, -0.15) is 0 Å². The molecular weight excluding hydrogens is 230 g/mol. The first-order valence-corrected chi connectivity index (χ1v) is 7.02. The van der Waals surface area contributed by atoms with E-state index in [1.165, 1.54) is 22.4 Å². The van der Waals surface area contributed by atoms with Gasteiger partial charge >= 0.3 is 0 Å². The summed E-state index contributed by atoms with van der Waals surface area (Å²) in [6, 6.07) is 19.8. The monoisotopic (exact) mass is 249 g/mol. The van der Waals surface area contributed by atoms with Crippen LogP contribution in [0.5, 0.6) is 0 Å². The van der Waals surface area contributed by atoms with E-state index >= 15 is 0 Å². The molecule has 1 heteroatoms. The Balaban J connectivity index is 1.80. The molecule has 0 fully saturated rings. The van der Waals surface area contributed by atoms with Crippen LogP contribution in [0.4, 0.5) is 0 Å². The molecule has 0 saturated heterocycles. The van der Waals surface area contributed by atoms with Crippen molar-refractivity contribution in [1.29, 1.82) is 0 Å². The summed E-state index contributed by atoms with van der Waals surface area (Å²) in [6.07, 6.45) is 3.18. The second-order valence-corrected chi connectivity index (χ2v) is 5.27. The molecular formula is C18H19N. The maximum atomic E-state index is 4.86. The summed E-state index contributed by atoms with van der Waals surface area (Å²) >= 11 is 0. The number of aryl methyl sites for hydroxylation is 1. The lowest BCUT2D eigenvalue weighted by Gasteiger charge is -2.21. The van der Waals surface area contributed by atoms with Gasteiger partial charge in [-0.1, -0.05) is 54.6 Å². The minimum absolute atomic E-state index is 0.417. The number of nitrogens with zero attached hydrogens (tertiary/aromatic N) is 1. The maximum Gasteiger partial charge on any atom is 0.0515 e. The third kappa shape index (κ3) is 2.76. The molecule has 1 aliphatic rings. The van der Waals surface area contributed by atoms with Crippen LogP contribution in [0.3, 0.4) is 0 Å². The Morgan fingerprint density at radius 3 is 2.53 bits per heavy atom. The van der Waals surface area contributed by atoms with Gasteiger partial charge in [0.05, 0.1) is 6.04 Å². The highest BCUT2D eigenvalue weighted by Gasteiger charge is 2.17. The molecule has 0 N–H and O–H groups in total. The molecule has 1 atom stereocenters. The number of hydrogen-bond acceptors (Lipinski definition) is 1. The largest absolute Gasteiger partial charge is 0.286 e. The van der Waals surface area contributed by atoms with E-state index in [4.69, 9.17) is 4.99 Å². The van der Waals surface area contributed by atoms with Gasteiger partial charge in [0.2, 0.25) is 0 Å². The summed E-state index contributed by atoms with van der Waals surface area (Å²) in [5, 5.41) is 0. The van der Waals surface area contributed by atoms with Crippen LogP contribution >= 0.6 is 0 Å². The summed E-state index contributed by atoms with van der Waals surface area (Å²) in [6.45, 7) is 2.21. The number of fused-ring (bicyclic) bond motifs is 1. The Morgan fingerprint density at radius 1 is 0.947 bits per heavy atom. The molecule has 3 rings (SSSR count). The van der Waals surface area contributed by atoms with Gasteiger partial charge in [-0.3, -0.25) is 4.99 Å². The van der Waals surface area contributed by atoms with Crippen LogP contribution < -0.4 is 0 Å². The zero-order valence-corrected chi connectivity index (χ0v) is 11.3. The highest BCUT2D eigenvalue weighted by atomic mass is 14.8. The summed E-state index contributed by atoms with van der Waals surface area (Å²) in [4.78, 5) is 4.86. The third-order valence-corrected chi connectivity index (χ3v) is 3.71. The van der Waals surface area contributed by atoms with E-state index in [1.807, 2.05) is 0 Å². The predicted molar refractivity (Wildman–Crippen MR) is 80.9 cm³/mol. The van der Waals surface area contributed by atoms with Gasteiger partial charge in [0.1, 0.15) is 0 Å². The Labute approximate surface area is 115 Å². The third-order valence-electron chi connectivity index (χ3n) is 3.71. The van der Waals surface area contributed by atoms with Crippen molar-refractivity contribution < 1.29 is 0 Å². The summed E-state index contributed by atoms with van der Waals surface area (Å²) < 4.78 is 0. The van der Waals surface area contributed by atoms with E-state index in [1.54, 1.807) is 0 Å². The van der Waals surface area contributed by atoms with Gasteiger partial charge in [-0.25, -0.2) is 0 Å². The molecule has 0 amide bonds. The first kappa shape index (κ1) is 12.2. The molecule has 19 heavy (non-hydrogen) atoms. The lowest BCUT2D eigenvalue weighted by atomic mass is 9.91. The van der Waals surface area contributed by atoms with Crippen molar-refractivity contribution in [3.63, 3.8) is 0 Å². The maximum absolute atomic E-state index is 4.86. The van der Waals surface area contributed by atoms with Crippen molar-refractivity contribution in [2.24, 2.45) is 4.99 Å². The average Bonchev–Trinajstić information content (AvgIpc) is 2.45. The normalized spacial score (nSPS) is 17.7. The molecule has 0 saturated carbocycles. The molecule has 1 aliphatic heterocycles. The van der Waals surface area contributed by atoms with Crippen LogP contribution in [0.15, 0.2) is 59.6 Å². The van der Waals surface area contributed by atoms with E-state index in [-0.39, 0.29) is 0 Å². The molecule has 2 aromatic carbocycles. The smallest absolute Gasteiger partial charge is 0.0515 e. The molecule has 0 aromatic heterocycles. The van der Waals surface area contributed by atoms with E-state index in [2.05, 4.69) is 61.5 Å². The molecule has 1 nitrogen and oxygen atoms in total. The molecule has 1 heterocycles. The molecule has 0 aliphatic carbocycles. The van der Waals surface area contributed by atoms with E-state index < -0.39 is 0 Å². The van der Waals surface area contributed by atoms with Gasteiger partial charge in [0.25, 0.3) is 0 Å². The van der Waals surface area contributed by atoms with E-state index in [9.17, 15) is 0 Å². The van der Waals surface area contributed by atoms with Gasteiger partial charge in [-0.15, -0.1) is 0 Å². The topological polar surface area (TPSA) is 12.4 Å². The molecule has 0 spiro atoms. The second kappa shape index (κ2) is 5.40. The molecule has 0 radical (unpaired) electrons. The first-order chi connectivity index (χ1) is 9.33. The number of aliphatic imine (C=N–C) groups is 1. The molecule has 0 bridgehead atoms. The van der Waals surface area contributed by atoms with Crippen molar-refractivity contribution >= 4 is 5.71 Å². The van der Waals surface area contributed by atoms with Crippen LogP contribution in [0, 0.1) is 0 Å². The van der Waals surface area contributed by atoms with Crippen molar-refractivity contribution in [3.8, 4) is 0 Å². The van der Waals surface area contributed by atoms with Gasteiger partial charge in [0, 0.05) is 5.71 Å². The van der Waals surface area contributed by atoms with Crippen molar-refractivity contribution in [2.45, 2.75) is 32.2 Å². The second-order valence-electron chi connectivity index (χ2n) is 5.27. The van der Waals surface area contributed by atoms with Crippen LogP contribution in [0.25, 0.3) is 0 Å². The lowest BCUT2D eigenvalue weighted by molar-refractivity contribution is 0.721. The van der Waals surface area contributed by atoms with E-state index in [0.29, 0.717) is 6.04 Å². The summed E-state index contributed by atoms with van der Waals surface area (Å²) in [7, 11) is 0. The van der Waals surface area contributed by atoms with Crippen LogP contribution in [-0.2, 0) is 12.8 Å². The Morgan fingerprint density at radius 2 is 1.68 bits per heavy atom. The fraction of sp³-hybridized carbons (Fsp3) is 0.278. The Hall–Kier alpha value is -1.89. The molecule has 2 aromatic rings.